The van der Waals surface area contributed by atoms with Gasteiger partial charge in [0.2, 0.25) is 0 Å². The molecule has 0 fully saturated rings. The molecule has 0 aliphatic rings. The molecule has 0 aliphatic heterocycles. The van der Waals surface area contributed by atoms with Crippen LogP contribution in [0.15, 0.2) is 22.7 Å². The fourth-order valence-corrected chi connectivity index (χ4v) is 2.23. The molecular formula is C13H13BrN2O2. The van der Waals surface area contributed by atoms with Gasteiger partial charge in [0.15, 0.2) is 5.69 Å². The van der Waals surface area contributed by atoms with Crippen molar-refractivity contribution < 1.29 is 9.53 Å². The molecule has 2 aromatic rings. The maximum absolute atomic E-state index is 11.8. The number of ether oxygens (including phenoxy) is 1. The van der Waals surface area contributed by atoms with Crippen molar-refractivity contribution in [2.24, 2.45) is 0 Å². The van der Waals surface area contributed by atoms with Crippen LogP contribution in [0.4, 0.5) is 5.69 Å². The standard InChI is InChI=1S/C13H13BrN2O2/c1-3-18-13(17)12-11(15)10(14)8-5-4-7(2)6-9(8)16-12/h4-6H,3,15H2,1-2H3. The number of nitrogens with zero attached hydrogens (tertiary/aromatic N) is 1. The molecule has 18 heavy (non-hydrogen) atoms. The van der Waals surface area contributed by atoms with Crippen molar-refractivity contribution in [1.82, 2.24) is 4.98 Å². The summed E-state index contributed by atoms with van der Waals surface area (Å²) in [5.74, 6) is -0.501. The molecular weight excluding hydrogens is 296 g/mol. The average molecular weight is 309 g/mol. The number of aryl methyl sites for hydroxylation is 1. The molecule has 94 valence electrons. The Labute approximate surface area is 113 Å². The van der Waals surface area contributed by atoms with Gasteiger partial charge >= 0.3 is 5.97 Å². The maximum Gasteiger partial charge on any atom is 0.359 e. The first kappa shape index (κ1) is 12.8. The second-order valence-electron chi connectivity index (χ2n) is 3.93. The number of carbonyl (C=O) groups excluding carboxylic acids is 1. The fraction of sp³-hybridized carbons (Fsp3) is 0.231. The van der Waals surface area contributed by atoms with Crippen LogP contribution in [-0.2, 0) is 4.74 Å². The number of pyridine rings is 1. The number of halogens is 1. The summed E-state index contributed by atoms with van der Waals surface area (Å²) in [5, 5.41) is 0.881. The number of hydrogen-bond acceptors (Lipinski definition) is 4. The van der Waals surface area contributed by atoms with E-state index in [1.807, 2.05) is 25.1 Å². The van der Waals surface area contributed by atoms with E-state index in [0.717, 1.165) is 16.5 Å². The van der Waals surface area contributed by atoms with Gasteiger partial charge in [-0.15, -0.1) is 0 Å². The van der Waals surface area contributed by atoms with Gasteiger partial charge in [0.1, 0.15) is 0 Å². The monoisotopic (exact) mass is 308 g/mol. The third kappa shape index (κ3) is 2.18. The molecule has 5 heteroatoms. The molecule has 1 aromatic heterocycles. The molecule has 0 radical (unpaired) electrons. The Morgan fingerprint density at radius 2 is 2.22 bits per heavy atom. The van der Waals surface area contributed by atoms with E-state index in [9.17, 15) is 4.79 Å². The first-order valence-electron chi connectivity index (χ1n) is 5.57. The van der Waals surface area contributed by atoms with E-state index in [2.05, 4.69) is 20.9 Å². The molecule has 4 nitrogen and oxygen atoms in total. The number of esters is 1. The molecule has 1 aromatic carbocycles. The number of benzene rings is 1. The topological polar surface area (TPSA) is 65.2 Å². The number of nitrogens with two attached hydrogens (primary N) is 1. The third-order valence-electron chi connectivity index (χ3n) is 2.58. The number of rotatable bonds is 2. The van der Waals surface area contributed by atoms with Crippen molar-refractivity contribution in [2.45, 2.75) is 13.8 Å². The first-order valence-corrected chi connectivity index (χ1v) is 6.36. The zero-order valence-corrected chi connectivity index (χ0v) is 11.7. The van der Waals surface area contributed by atoms with Crippen LogP contribution in [0.5, 0.6) is 0 Å². The van der Waals surface area contributed by atoms with Gasteiger partial charge in [-0.05, 0) is 41.4 Å². The maximum atomic E-state index is 11.8. The molecule has 2 N–H and O–H groups in total. The van der Waals surface area contributed by atoms with Crippen LogP contribution in [0.1, 0.15) is 23.0 Å². The summed E-state index contributed by atoms with van der Waals surface area (Å²) in [6.45, 7) is 4.01. The van der Waals surface area contributed by atoms with Crippen LogP contribution >= 0.6 is 15.9 Å². The Hall–Kier alpha value is -1.62. The van der Waals surface area contributed by atoms with E-state index >= 15 is 0 Å². The lowest BCUT2D eigenvalue weighted by molar-refractivity contribution is 0.0521. The van der Waals surface area contributed by atoms with Crippen molar-refractivity contribution in [1.29, 1.82) is 0 Å². The van der Waals surface area contributed by atoms with E-state index < -0.39 is 5.97 Å². The molecule has 0 saturated carbocycles. The lowest BCUT2D eigenvalue weighted by atomic mass is 10.1. The number of carbonyl (C=O) groups is 1. The van der Waals surface area contributed by atoms with Crippen LogP contribution in [-0.4, -0.2) is 17.6 Å². The minimum absolute atomic E-state index is 0.154. The SMILES string of the molecule is CCOC(=O)c1nc2cc(C)ccc2c(Br)c1N. The molecule has 0 aliphatic carbocycles. The van der Waals surface area contributed by atoms with Crippen LogP contribution in [0, 0.1) is 6.92 Å². The lowest BCUT2D eigenvalue weighted by Gasteiger charge is -2.09. The Balaban J connectivity index is 2.68. The molecule has 2 rings (SSSR count). The number of hydrogen-bond donors (Lipinski definition) is 1. The van der Waals surface area contributed by atoms with Gasteiger partial charge in [-0.25, -0.2) is 9.78 Å². The van der Waals surface area contributed by atoms with E-state index in [1.165, 1.54) is 0 Å². The van der Waals surface area contributed by atoms with Gasteiger partial charge in [-0.2, -0.15) is 0 Å². The highest BCUT2D eigenvalue weighted by Gasteiger charge is 2.17. The van der Waals surface area contributed by atoms with Crippen LogP contribution in [0.3, 0.4) is 0 Å². The van der Waals surface area contributed by atoms with Crippen LogP contribution < -0.4 is 5.73 Å². The summed E-state index contributed by atoms with van der Waals surface area (Å²) >= 11 is 3.40. The highest BCUT2D eigenvalue weighted by Crippen LogP contribution is 2.31. The molecule has 0 spiro atoms. The second kappa shape index (κ2) is 4.94. The van der Waals surface area contributed by atoms with E-state index in [4.69, 9.17) is 10.5 Å². The normalized spacial score (nSPS) is 10.6. The fourth-order valence-electron chi connectivity index (χ4n) is 1.70. The van der Waals surface area contributed by atoms with Crippen molar-refractivity contribution in [3.05, 3.63) is 33.9 Å². The predicted octanol–water partition coefficient (Wildman–Crippen LogP) is 3.06. The first-order chi connectivity index (χ1) is 8.54. The number of anilines is 1. The number of nitrogen functional groups attached to an aromatic ring is 1. The van der Waals surface area contributed by atoms with Crippen molar-refractivity contribution in [3.63, 3.8) is 0 Å². The predicted molar refractivity (Wildman–Crippen MR) is 74.5 cm³/mol. The Kier molecular flexibility index (Phi) is 3.52. The van der Waals surface area contributed by atoms with Crippen molar-refractivity contribution in [3.8, 4) is 0 Å². The van der Waals surface area contributed by atoms with Crippen molar-refractivity contribution >= 4 is 38.5 Å². The molecule has 0 atom stereocenters. The van der Waals surface area contributed by atoms with Gasteiger partial charge in [0.25, 0.3) is 0 Å². The lowest BCUT2D eigenvalue weighted by Crippen LogP contribution is -2.11. The largest absolute Gasteiger partial charge is 0.461 e. The van der Waals surface area contributed by atoms with Crippen molar-refractivity contribution in [2.75, 3.05) is 12.3 Å². The number of fused-ring (bicyclic) bond motifs is 1. The number of aromatic nitrogens is 1. The van der Waals surface area contributed by atoms with Crippen LogP contribution in [0.25, 0.3) is 10.9 Å². The average Bonchev–Trinajstić information content (AvgIpc) is 2.33. The summed E-state index contributed by atoms with van der Waals surface area (Å²) < 4.78 is 5.62. The summed E-state index contributed by atoms with van der Waals surface area (Å²) in [6, 6.07) is 5.80. The van der Waals surface area contributed by atoms with Gasteiger partial charge in [0.05, 0.1) is 22.3 Å². The summed E-state index contributed by atoms with van der Waals surface area (Å²) in [5.41, 5.74) is 8.16. The Morgan fingerprint density at radius 3 is 2.89 bits per heavy atom. The quantitative estimate of drug-likeness (QED) is 0.866. The summed E-state index contributed by atoms with van der Waals surface area (Å²) in [6.07, 6.45) is 0. The summed E-state index contributed by atoms with van der Waals surface area (Å²) in [4.78, 5) is 16.0. The highest BCUT2D eigenvalue weighted by molar-refractivity contribution is 9.10. The summed E-state index contributed by atoms with van der Waals surface area (Å²) in [7, 11) is 0. The van der Waals surface area contributed by atoms with Gasteiger partial charge < -0.3 is 10.5 Å². The molecule has 0 bridgehead atoms. The van der Waals surface area contributed by atoms with Gasteiger partial charge in [0, 0.05) is 5.39 Å². The van der Waals surface area contributed by atoms with E-state index in [0.29, 0.717) is 16.8 Å². The van der Waals surface area contributed by atoms with Gasteiger partial charge in [-0.3, -0.25) is 0 Å². The molecule has 0 saturated heterocycles. The van der Waals surface area contributed by atoms with E-state index in [-0.39, 0.29) is 5.69 Å². The van der Waals surface area contributed by atoms with E-state index in [1.54, 1.807) is 6.92 Å². The zero-order chi connectivity index (χ0) is 13.3. The third-order valence-corrected chi connectivity index (χ3v) is 3.44. The zero-order valence-electron chi connectivity index (χ0n) is 10.2. The highest BCUT2D eigenvalue weighted by atomic mass is 79.9. The minimum Gasteiger partial charge on any atom is -0.461 e. The smallest absolute Gasteiger partial charge is 0.359 e. The molecule has 1 heterocycles. The Morgan fingerprint density at radius 1 is 1.50 bits per heavy atom. The second-order valence-corrected chi connectivity index (χ2v) is 4.72. The van der Waals surface area contributed by atoms with Gasteiger partial charge in [-0.1, -0.05) is 12.1 Å². The molecule has 0 amide bonds. The molecule has 0 unspecified atom stereocenters. The Bertz CT molecular complexity index is 626. The van der Waals surface area contributed by atoms with Crippen LogP contribution in [0.2, 0.25) is 0 Å². The minimum atomic E-state index is -0.501.